The van der Waals surface area contributed by atoms with Crippen LogP contribution < -0.4 is 29.6 Å². The van der Waals surface area contributed by atoms with Gasteiger partial charge in [-0.3, -0.25) is 0 Å². The molecule has 14 heteroatoms. The lowest BCUT2D eigenvalue weighted by Gasteiger charge is -2.40. The number of anilines is 4. The normalized spacial score (nSPS) is 12.8. The van der Waals surface area contributed by atoms with Crippen LogP contribution in [0.3, 0.4) is 0 Å². The molecular weight excluding hydrogens is 900 g/mol. The molecule has 1 saturated heterocycles. The van der Waals surface area contributed by atoms with E-state index in [2.05, 4.69) is 52.9 Å². The largest absolute Gasteiger partial charge is 0.493 e. The molecule has 358 valence electrons. The summed E-state index contributed by atoms with van der Waals surface area (Å²) in [5.41, 5.74) is 8.06. The molecule has 1 fully saturated rings. The van der Waals surface area contributed by atoms with Crippen molar-refractivity contribution in [3.63, 3.8) is 0 Å². The van der Waals surface area contributed by atoms with Crippen molar-refractivity contribution in [3.05, 3.63) is 141 Å². The first-order valence-electron chi connectivity index (χ1n) is 23.3. The van der Waals surface area contributed by atoms with Gasteiger partial charge in [0.15, 0.2) is 0 Å². The van der Waals surface area contributed by atoms with Crippen molar-refractivity contribution >= 4 is 56.5 Å². The maximum atomic E-state index is 13.9. The van der Waals surface area contributed by atoms with E-state index in [-0.39, 0.29) is 33.2 Å². The fraction of sp³-hybridized carbons (Fsp3) is 0.370. The first-order valence-corrected chi connectivity index (χ1v) is 24.5. The maximum absolute atomic E-state index is 13.9. The van der Waals surface area contributed by atoms with E-state index >= 15 is 0 Å². The third-order valence-corrected chi connectivity index (χ3v) is 12.9. The minimum atomic E-state index is -0.684. The number of halogens is 1. The molecule has 0 atom stereocenters. The zero-order valence-corrected chi connectivity index (χ0v) is 41.4. The summed E-state index contributed by atoms with van der Waals surface area (Å²) < 4.78 is 35.3. The second-order valence-corrected chi connectivity index (χ2v) is 18.9. The molecule has 0 bridgehead atoms. The minimum absolute atomic E-state index is 0.151. The lowest BCUT2D eigenvalue weighted by Crippen LogP contribution is -2.45. The zero-order valence-electron chi connectivity index (χ0n) is 39.8. The SMILES string of the molecule is CCCc1ccc(COc2ccc(OC(=O)c3ccc(OC(=O)c4cc(C)c(OCCCCCCOCC5(CC)COC5)c(C)c4)cc3Nc3nnc(Nc4ccc(C)cc4C)s3)cc2Cl)cc1. The van der Waals surface area contributed by atoms with Crippen molar-refractivity contribution in [2.45, 2.75) is 93.1 Å². The molecule has 6 aromatic rings. The number of esters is 2. The van der Waals surface area contributed by atoms with Crippen LogP contribution in [-0.2, 0) is 22.5 Å². The molecule has 0 amide bonds. The van der Waals surface area contributed by atoms with Crippen molar-refractivity contribution < 1.29 is 38.0 Å². The topological polar surface area (TPSA) is 139 Å². The molecule has 2 N–H and O–H groups in total. The number of ether oxygens (including phenoxy) is 6. The Labute approximate surface area is 408 Å². The number of aromatic nitrogens is 2. The molecule has 1 aliphatic heterocycles. The molecule has 0 radical (unpaired) electrons. The quantitative estimate of drug-likeness (QED) is 0.0339. The smallest absolute Gasteiger partial charge is 0.345 e. The van der Waals surface area contributed by atoms with Gasteiger partial charge in [0.2, 0.25) is 10.3 Å². The van der Waals surface area contributed by atoms with Gasteiger partial charge in [0, 0.05) is 29.8 Å². The Morgan fingerprint density at radius 2 is 1.37 bits per heavy atom. The monoisotopic (exact) mass is 960 g/mol. The van der Waals surface area contributed by atoms with Crippen LogP contribution in [0.25, 0.3) is 0 Å². The van der Waals surface area contributed by atoms with Crippen molar-refractivity contribution in [2.75, 3.05) is 43.7 Å². The fourth-order valence-electron chi connectivity index (χ4n) is 7.82. The molecular formula is C54H61ClN4O8S. The van der Waals surface area contributed by atoms with Crippen LogP contribution in [0.2, 0.25) is 5.02 Å². The molecule has 5 aromatic carbocycles. The van der Waals surface area contributed by atoms with E-state index in [1.54, 1.807) is 36.4 Å². The predicted octanol–water partition coefficient (Wildman–Crippen LogP) is 13.3. The Balaban J connectivity index is 0.993. The highest BCUT2D eigenvalue weighted by atomic mass is 35.5. The van der Waals surface area contributed by atoms with Gasteiger partial charge in [-0.2, -0.15) is 0 Å². The van der Waals surface area contributed by atoms with Crippen molar-refractivity contribution in [2.24, 2.45) is 5.41 Å². The van der Waals surface area contributed by atoms with Gasteiger partial charge in [-0.15, -0.1) is 10.2 Å². The van der Waals surface area contributed by atoms with E-state index in [9.17, 15) is 9.59 Å². The van der Waals surface area contributed by atoms with Crippen LogP contribution in [0, 0.1) is 33.1 Å². The number of carbonyl (C=O) groups is 2. The molecule has 0 saturated carbocycles. The minimum Gasteiger partial charge on any atom is -0.493 e. The van der Waals surface area contributed by atoms with Crippen molar-refractivity contribution in [1.29, 1.82) is 0 Å². The Hall–Kier alpha value is -5.99. The summed E-state index contributed by atoms with van der Waals surface area (Å²) in [4.78, 5) is 27.6. The second kappa shape index (κ2) is 23.8. The average molecular weight is 962 g/mol. The van der Waals surface area contributed by atoms with Gasteiger partial charge in [0.05, 0.1) is 48.3 Å². The molecule has 68 heavy (non-hydrogen) atoms. The van der Waals surface area contributed by atoms with Gasteiger partial charge in [0.1, 0.15) is 29.6 Å². The summed E-state index contributed by atoms with van der Waals surface area (Å²) in [5, 5.41) is 16.4. The molecule has 1 aromatic heterocycles. The summed E-state index contributed by atoms with van der Waals surface area (Å²) in [6.45, 7) is 16.3. The van der Waals surface area contributed by atoms with Crippen molar-refractivity contribution in [1.82, 2.24) is 10.2 Å². The number of unbranched alkanes of at least 4 members (excludes halogenated alkanes) is 3. The molecule has 0 spiro atoms. The van der Waals surface area contributed by atoms with E-state index in [4.69, 9.17) is 40.0 Å². The summed E-state index contributed by atoms with van der Waals surface area (Å²) in [6.07, 6.45) is 7.24. The lowest BCUT2D eigenvalue weighted by molar-refractivity contribution is -0.150. The zero-order chi connectivity index (χ0) is 48.0. The number of benzene rings is 5. The van der Waals surface area contributed by atoms with Crippen molar-refractivity contribution in [3.8, 4) is 23.0 Å². The van der Waals surface area contributed by atoms with Crippen LogP contribution in [0.5, 0.6) is 23.0 Å². The number of aryl methyl sites for hydroxylation is 5. The van der Waals surface area contributed by atoms with Crippen LogP contribution in [0.15, 0.2) is 91.0 Å². The third-order valence-electron chi connectivity index (χ3n) is 11.9. The molecule has 7 rings (SSSR count). The Bertz CT molecular complexity index is 2640. The summed E-state index contributed by atoms with van der Waals surface area (Å²) >= 11 is 7.87. The molecule has 2 heterocycles. The number of nitrogens with one attached hydrogen (secondary N) is 2. The maximum Gasteiger partial charge on any atom is 0.345 e. The van der Waals surface area contributed by atoms with Gasteiger partial charge in [-0.1, -0.05) is 91.6 Å². The van der Waals surface area contributed by atoms with Crippen LogP contribution in [-0.4, -0.2) is 55.2 Å². The third kappa shape index (κ3) is 13.6. The van der Waals surface area contributed by atoms with E-state index in [1.165, 1.54) is 29.0 Å². The summed E-state index contributed by atoms with van der Waals surface area (Å²) in [6, 6.07) is 27.4. The van der Waals surface area contributed by atoms with Gasteiger partial charge >= 0.3 is 11.9 Å². The predicted molar refractivity (Wildman–Crippen MR) is 269 cm³/mol. The fourth-order valence-corrected chi connectivity index (χ4v) is 8.71. The van der Waals surface area contributed by atoms with Gasteiger partial charge < -0.3 is 39.1 Å². The highest BCUT2D eigenvalue weighted by Crippen LogP contribution is 2.35. The number of carbonyl (C=O) groups excluding carboxylic acids is 2. The number of rotatable bonds is 24. The number of nitrogens with zero attached hydrogens (tertiary/aromatic N) is 2. The first-order chi connectivity index (χ1) is 32.9. The number of hydrogen-bond acceptors (Lipinski definition) is 13. The van der Waals surface area contributed by atoms with Gasteiger partial charge in [0.25, 0.3) is 0 Å². The molecule has 0 unspecified atom stereocenters. The summed E-state index contributed by atoms with van der Waals surface area (Å²) in [7, 11) is 0. The average Bonchev–Trinajstić information content (AvgIpc) is 3.74. The number of hydrogen-bond donors (Lipinski definition) is 2. The molecule has 12 nitrogen and oxygen atoms in total. The Kier molecular flexibility index (Phi) is 17.5. The first kappa shape index (κ1) is 49.9. The van der Waals surface area contributed by atoms with Gasteiger partial charge in [-0.25, -0.2) is 9.59 Å². The van der Waals surface area contributed by atoms with E-state index in [0.29, 0.717) is 34.8 Å². The second-order valence-electron chi connectivity index (χ2n) is 17.5. The molecule has 0 aliphatic carbocycles. The highest BCUT2D eigenvalue weighted by Gasteiger charge is 2.36. The molecule has 1 aliphatic rings. The Morgan fingerprint density at radius 3 is 2.03 bits per heavy atom. The van der Waals surface area contributed by atoms with Crippen LogP contribution in [0.1, 0.15) is 106 Å². The Morgan fingerprint density at radius 1 is 0.706 bits per heavy atom. The van der Waals surface area contributed by atoms with E-state index in [1.807, 2.05) is 52.0 Å². The summed E-state index contributed by atoms with van der Waals surface area (Å²) in [5.74, 6) is 0.369. The van der Waals surface area contributed by atoms with E-state index in [0.717, 1.165) is 111 Å². The van der Waals surface area contributed by atoms with Gasteiger partial charge in [-0.05, 0) is 130 Å². The lowest BCUT2D eigenvalue weighted by atomic mass is 9.84. The van der Waals surface area contributed by atoms with E-state index < -0.39 is 11.9 Å². The highest BCUT2D eigenvalue weighted by molar-refractivity contribution is 7.19. The standard InChI is InChI=1S/C54H61ClN4O8S/c1-7-13-39-15-17-40(18-16-39)31-65-48-23-20-42(29-45(48)55)67-51(61)44-21-19-43(30-47(44)57-53-59-58-52(68-53)56-46-22-14-35(3)26-36(46)4)66-50(60)41-27-37(5)49(38(6)28-41)64-25-12-10-9-11-24-62-32-54(8-2)33-63-34-54/h14-23,26-30H,7-13,24-25,31-34H2,1-6H3,(H,56,58)(H,57,59). The van der Waals surface area contributed by atoms with Crippen LogP contribution in [0.4, 0.5) is 21.6 Å². The van der Waals surface area contributed by atoms with Crippen LogP contribution >= 0.6 is 22.9 Å².